The molecule has 1 aromatic carbocycles. The number of carbonyl (C=O) groups excluding carboxylic acids is 1. The average Bonchev–Trinajstić information content (AvgIpc) is 3.08. The number of nitrogens with zero attached hydrogens (tertiary/aromatic N) is 2. The summed E-state index contributed by atoms with van der Waals surface area (Å²) in [6, 6.07) is 8.55. The van der Waals surface area contributed by atoms with Gasteiger partial charge in [-0.3, -0.25) is 9.69 Å². The van der Waals surface area contributed by atoms with E-state index in [9.17, 15) is 4.79 Å². The number of aromatic amines is 1. The van der Waals surface area contributed by atoms with Gasteiger partial charge >= 0.3 is 0 Å². The van der Waals surface area contributed by atoms with E-state index in [-0.39, 0.29) is 24.2 Å². The molecule has 0 aliphatic carbocycles. The molecule has 2 saturated heterocycles. The fourth-order valence-electron chi connectivity index (χ4n) is 4.07. The Labute approximate surface area is 154 Å². The monoisotopic (exact) mass is 357 g/mol. The topological polar surface area (TPSA) is 57.8 Å². The van der Waals surface area contributed by atoms with Gasteiger partial charge in [-0.05, 0) is 24.1 Å². The lowest BCUT2D eigenvalue weighted by molar-refractivity contribution is -0.199. The molecule has 0 unspecified atom stereocenters. The minimum Gasteiger partial charge on any atom is -0.372 e. The molecule has 1 amide bonds. The highest BCUT2D eigenvalue weighted by atomic mass is 16.5. The smallest absolute Gasteiger partial charge is 0.248 e. The van der Waals surface area contributed by atoms with E-state index in [4.69, 9.17) is 9.47 Å². The van der Waals surface area contributed by atoms with Gasteiger partial charge in [0.05, 0.1) is 11.7 Å². The molecule has 1 N–H and O–H groups in total. The van der Waals surface area contributed by atoms with Gasteiger partial charge < -0.3 is 19.4 Å². The Bertz CT molecular complexity index is 779. The summed E-state index contributed by atoms with van der Waals surface area (Å²) in [6.07, 6.45) is 3.85. The highest BCUT2D eigenvalue weighted by Crippen LogP contribution is 2.36. The number of benzene rings is 1. The first-order valence-electron chi connectivity index (χ1n) is 9.28. The van der Waals surface area contributed by atoms with Crippen LogP contribution in [0.2, 0.25) is 0 Å². The number of carbonyl (C=O) groups is 1. The third kappa shape index (κ3) is 3.49. The largest absolute Gasteiger partial charge is 0.372 e. The van der Waals surface area contributed by atoms with Crippen molar-refractivity contribution >= 4 is 16.8 Å². The predicted octanol–water partition coefficient (Wildman–Crippen LogP) is 2.01. The molecule has 2 aliphatic rings. The zero-order valence-electron chi connectivity index (χ0n) is 15.5. The first kappa shape index (κ1) is 17.5. The van der Waals surface area contributed by atoms with Gasteiger partial charge in [0, 0.05) is 63.9 Å². The van der Waals surface area contributed by atoms with Crippen molar-refractivity contribution in [2.45, 2.75) is 31.1 Å². The number of rotatable bonds is 5. The molecule has 2 aromatic rings. The standard InChI is InChI=1S/C20H27N3O3/c1-22(2)19(24)12-25-16-7-9-26-20(10-16)13-23(14-20)11-15-4-3-5-18-17(15)6-8-21-18/h3-6,8,16,21H,7,9-14H2,1-2H3/t16-/m1/s1. The second kappa shape index (κ2) is 7.02. The van der Waals surface area contributed by atoms with E-state index in [1.165, 1.54) is 16.5 Å². The molecule has 26 heavy (non-hydrogen) atoms. The van der Waals surface area contributed by atoms with Crippen molar-refractivity contribution in [3.05, 3.63) is 36.0 Å². The molecule has 3 heterocycles. The quantitative estimate of drug-likeness (QED) is 0.889. The third-order valence-electron chi connectivity index (χ3n) is 5.49. The summed E-state index contributed by atoms with van der Waals surface area (Å²) in [5.74, 6) is 0.0142. The molecule has 2 fully saturated rings. The van der Waals surface area contributed by atoms with Gasteiger partial charge in [0.25, 0.3) is 0 Å². The van der Waals surface area contributed by atoms with Crippen LogP contribution < -0.4 is 0 Å². The first-order valence-corrected chi connectivity index (χ1v) is 9.28. The average molecular weight is 357 g/mol. The van der Waals surface area contributed by atoms with Crippen LogP contribution in [0.15, 0.2) is 30.5 Å². The van der Waals surface area contributed by atoms with Crippen LogP contribution in [-0.2, 0) is 20.8 Å². The van der Waals surface area contributed by atoms with Crippen LogP contribution >= 0.6 is 0 Å². The number of hydrogen-bond donors (Lipinski definition) is 1. The van der Waals surface area contributed by atoms with Crippen molar-refractivity contribution in [2.24, 2.45) is 0 Å². The van der Waals surface area contributed by atoms with Gasteiger partial charge in [0.15, 0.2) is 0 Å². The molecule has 1 spiro atoms. The van der Waals surface area contributed by atoms with Crippen LogP contribution in [-0.4, -0.2) is 72.8 Å². The summed E-state index contributed by atoms with van der Waals surface area (Å²) in [7, 11) is 3.51. The number of nitrogens with one attached hydrogen (secondary N) is 1. The number of likely N-dealkylation sites (tertiary alicyclic amines) is 1. The summed E-state index contributed by atoms with van der Waals surface area (Å²) >= 11 is 0. The maximum Gasteiger partial charge on any atom is 0.248 e. The second-order valence-electron chi connectivity index (χ2n) is 7.75. The summed E-state index contributed by atoms with van der Waals surface area (Å²) in [4.78, 5) is 19.0. The minimum absolute atomic E-state index is 0.0142. The SMILES string of the molecule is CN(C)C(=O)CO[C@@H]1CCOC2(C1)CN(Cc1cccc3[nH]ccc13)C2. The summed E-state index contributed by atoms with van der Waals surface area (Å²) in [6.45, 7) is 3.66. The van der Waals surface area contributed by atoms with Crippen LogP contribution in [0.25, 0.3) is 10.9 Å². The van der Waals surface area contributed by atoms with Crippen LogP contribution in [0.1, 0.15) is 18.4 Å². The molecule has 4 rings (SSSR count). The number of H-pyrrole nitrogens is 1. The molecular formula is C20H27N3O3. The minimum atomic E-state index is -0.101. The fourth-order valence-corrected chi connectivity index (χ4v) is 4.07. The van der Waals surface area contributed by atoms with Gasteiger partial charge in [-0.1, -0.05) is 12.1 Å². The molecule has 6 heteroatoms. The van der Waals surface area contributed by atoms with Crippen LogP contribution in [0.4, 0.5) is 0 Å². The maximum absolute atomic E-state index is 11.7. The molecule has 2 aliphatic heterocycles. The lowest BCUT2D eigenvalue weighted by Crippen LogP contribution is -2.65. The summed E-state index contributed by atoms with van der Waals surface area (Å²) < 4.78 is 11.9. The van der Waals surface area contributed by atoms with Crippen molar-refractivity contribution in [1.29, 1.82) is 0 Å². The number of aromatic nitrogens is 1. The lowest BCUT2D eigenvalue weighted by Gasteiger charge is -2.53. The highest BCUT2D eigenvalue weighted by molar-refractivity contribution is 5.82. The number of hydrogen-bond acceptors (Lipinski definition) is 4. The second-order valence-corrected chi connectivity index (χ2v) is 7.75. The van der Waals surface area contributed by atoms with E-state index in [2.05, 4.69) is 34.1 Å². The van der Waals surface area contributed by atoms with Crippen molar-refractivity contribution in [3.63, 3.8) is 0 Å². The molecule has 0 radical (unpaired) electrons. The Hall–Kier alpha value is -1.89. The molecule has 1 aromatic heterocycles. The molecular weight excluding hydrogens is 330 g/mol. The Balaban J connectivity index is 1.31. The zero-order valence-corrected chi connectivity index (χ0v) is 15.5. The van der Waals surface area contributed by atoms with E-state index in [1.54, 1.807) is 19.0 Å². The summed E-state index contributed by atoms with van der Waals surface area (Å²) in [5, 5.41) is 1.29. The third-order valence-corrected chi connectivity index (χ3v) is 5.49. The first-order chi connectivity index (χ1) is 12.5. The van der Waals surface area contributed by atoms with E-state index in [1.807, 2.05) is 6.20 Å². The zero-order chi connectivity index (χ0) is 18.1. The van der Waals surface area contributed by atoms with Gasteiger partial charge in [0.2, 0.25) is 5.91 Å². The van der Waals surface area contributed by atoms with E-state index >= 15 is 0 Å². The molecule has 0 saturated carbocycles. The fraction of sp³-hybridized carbons (Fsp3) is 0.550. The Morgan fingerprint density at radius 3 is 3.04 bits per heavy atom. The molecule has 6 nitrogen and oxygen atoms in total. The van der Waals surface area contributed by atoms with Crippen molar-refractivity contribution in [3.8, 4) is 0 Å². The Morgan fingerprint density at radius 2 is 2.23 bits per heavy atom. The van der Waals surface area contributed by atoms with Crippen molar-refractivity contribution < 1.29 is 14.3 Å². The number of ether oxygens (including phenoxy) is 2. The van der Waals surface area contributed by atoms with Crippen LogP contribution in [0.5, 0.6) is 0 Å². The molecule has 140 valence electrons. The van der Waals surface area contributed by atoms with Gasteiger partial charge in [-0.2, -0.15) is 0 Å². The maximum atomic E-state index is 11.7. The number of fused-ring (bicyclic) bond motifs is 1. The van der Waals surface area contributed by atoms with Crippen molar-refractivity contribution in [2.75, 3.05) is 40.4 Å². The van der Waals surface area contributed by atoms with E-state index in [0.717, 1.165) is 32.5 Å². The number of likely N-dealkylation sites (N-methyl/N-ethyl adjacent to an activating group) is 1. The van der Waals surface area contributed by atoms with E-state index in [0.29, 0.717) is 6.61 Å². The van der Waals surface area contributed by atoms with Crippen molar-refractivity contribution in [1.82, 2.24) is 14.8 Å². The lowest BCUT2D eigenvalue weighted by atomic mass is 9.84. The highest BCUT2D eigenvalue weighted by Gasteiger charge is 2.47. The normalized spacial score (nSPS) is 22.5. The Kier molecular flexibility index (Phi) is 4.73. The van der Waals surface area contributed by atoms with Crippen LogP contribution in [0.3, 0.4) is 0 Å². The summed E-state index contributed by atoms with van der Waals surface area (Å²) in [5.41, 5.74) is 2.43. The van der Waals surface area contributed by atoms with E-state index < -0.39 is 0 Å². The van der Waals surface area contributed by atoms with Gasteiger partial charge in [0.1, 0.15) is 6.61 Å². The molecule has 0 bridgehead atoms. The number of amides is 1. The Morgan fingerprint density at radius 1 is 1.38 bits per heavy atom. The van der Waals surface area contributed by atoms with Gasteiger partial charge in [-0.25, -0.2) is 0 Å². The predicted molar refractivity (Wildman–Crippen MR) is 99.9 cm³/mol. The van der Waals surface area contributed by atoms with Gasteiger partial charge in [-0.15, -0.1) is 0 Å². The molecule has 1 atom stereocenters. The van der Waals surface area contributed by atoms with Crippen LogP contribution in [0, 0.1) is 0 Å².